The number of carbonyl (C=O) groups excluding carboxylic acids is 1. The summed E-state index contributed by atoms with van der Waals surface area (Å²) in [4.78, 5) is 35.1. The molecule has 1 aliphatic rings. The van der Waals surface area contributed by atoms with Crippen molar-refractivity contribution < 1.29 is 24.2 Å². The van der Waals surface area contributed by atoms with Crippen molar-refractivity contribution in [1.29, 1.82) is 0 Å². The molecule has 1 aliphatic heterocycles. The van der Waals surface area contributed by atoms with Crippen molar-refractivity contribution in [3.63, 3.8) is 0 Å². The first-order valence-electron chi connectivity index (χ1n) is 12.8. The number of benzene rings is 2. The van der Waals surface area contributed by atoms with Crippen molar-refractivity contribution in [3.8, 4) is 11.5 Å². The normalized spacial score (nSPS) is 15.6. The van der Waals surface area contributed by atoms with Crippen molar-refractivity contribution in [1.82, 2.24) is 9.97 Å². The van der Waals surface area contributed by atoms with Gasteiger partial charge in [-0.1, -0.05) is 36.4 Å². The first-order chi connectivity index (χ1) is 18.3. The Kier molecular flexibility index (Phi) is 8.45. The van der Waals surface area contributed by atoms with Crippen LogP contribution in [0.5, 0.6) is 11.5 Å². The van der Waals surface area contributed by atoms with Crippen molar-refractivity contribution in [3.05, 3.63) is 72.1 Å². The number of aromatic nitrogens is 2. The number of carbonyl (C=O) groups is 2. The van der Waals surface area contributed by atoms with Crippen LogP contribution in [0, 0.1) is 0 Å². The van der Waals surface area contributed by atoms with E-state index in [0.29, 0.717) is 36.1 Å². The molecule has 1 aromatic heterocycles. The highest BCUT2D eigenvalue weighted by Crippen LogP contribution is 2.29. The highest BCUT2D eigenvalue weighted by Gasteiger charge is 2.29. The lowest BCUT2D eigenvalue weighted by Gasteiger charge is -2.33. The van der Waals surface area contributed by atoms with E-state index in [2.05, 4.69) is 20.2 Å². The number of piperidine rings is 1. The quantitative estimate of drug-likeness (QED) is 0.404. The van der Waals surface area contributed by atoms with Crippen molar-refractivity contribution in [2.24, 2.45) is 0 Å². The van der Waals surface area contributed by atoms with Gasteiger partial charge in [0, 0.05) is 13.0 Å². The monoisotopic (exact) mass is 518 g/mol. The second kappa shape index (κ2) is 11.9. The van der Waals surface area contributed by atoms with Crippen LogP contribution in [0.1, 0.15) is 44.2 Å². The highest BCUT2D eigenvalue weighted by atomic mass is 16.5. The van der Waals surface area contributed by atoms with Crippen LogP contribution >= 0.6 is 0 Å². The Hall–Kier alpha value is -4.14. The number of nitrogens with zero attached hydrogens (tertiary/aromatic N) is 3. The van der Waals surface area contributed by atoms with E-state index in [1.54, 1.807) is 39.3 Å². The van der Waals surface area contributed by atoms with Crippen LogP contribution in [-0.4, -0.2) is 53.3 Å². The molecule has 200 valence electrons. The summed E-state index contributed by atoms with van der Waals surface area (Å²) in [6.07, 6.45) is 5.88. The smallest absolute Gasteiger partial charge is 0.313 e. The third kappa shape index (κ3) is 6.59. The summed E-state index contributed by atoms with van der Waals surface area (Å²) in [5, 5.41) is 12.2. The number of hydrogen-bond acceptors (Lipinski definition) is 7. The fourth-order valence-corrected chi connectivity index (χ4v) is 4.38. The van der Waals surface area contributed by atoms with Gasteiger partial charge in [0.25, 0.3) is 0 Å². The van der Waals surface area contributed by atoms with Gasteiger partial charge >= 0.3 is 5.97 Å². The summed E-state index contributed by atoms with van der Waals surface area (Å²) in [6.45, 7) is 4.82. The van der Waals surface area contributed by atoms with Gasteiger partial charge < -0.3 is 24.8 Å². The minimum absolute atomic E-state index is 0.0208. The molecular formula is C29H34N4O5. The van der Waals surface area contributed by atoms with Crippen molar-refractivity contribution in [2.45, 2.75) is 51.0 Å². The van der Waals surface area contributed by atoms with E-state index in [1.165, 1.54) is 6.20 Å². The van der Waals surface area contributed by atoms with E-state index in [1.807, 2.05) is 36.4 Å². The van der Waals surface area contributed by atoms with E-state index in [-0.39, 0.29) is 18.4 Å². The number of hydrogen-bond donors (Lipinski definition) is 2. The maximum Gasteiger partial charge on any atom is 0.313 e. The molecule has 9 nitrogen and oxygen atoms in total. The number of para-hydroxylation sites is 2. The largest absolute Gasteiger partial charge is 0.493 e. The van der Waals surface area contributed by atoms with Gasteiger partial charge in [-0.2, -0.15) is 0 Å². The number of methoxy groups -OCH3 is 1. The first-order valence-corrected chi connectivity index (χ1v) is 12.8. The topological polar surface area (TPSA) is 114 Å². The van der Waals surface area contributed by atoms with Crippen LogP contribution in [0.2, 0.25) is 0 Å². The molecule has 1 saturated heterocycles. The van der Waals surface area contributed by atoms with Gasteiger partial charge in [-0.3, -0.25) is 14.6 Å². The van der Waals surface area contributed by atoms with E-state index < -0.39 is 11.4 Å². The zero-order chi connectivity index (χ0) is 27.1. The number of rotatable bonds is 10. The maximum absolute atomic E-state index is 12.6. The third-order valence-electron chi connectivity index (χ3n) is 6.81. The molecule has 0 bridgehead atoms. The van der Waals surface area contributed by atoms with Crippen LogP contribution in [0.15, 0.2) is 60.9 Å². The van der Waals surface area contributed by atoms with Crippen LogP contribution in [0.25, 0.3) is 0 Å². The Balaban J connectivity index is 1.32. The second-order valence-electron chi connectivity index (χ2n) is 9.92. The van der Waals surface area contributed by atoms with Crippen LogP contribution in [0.4, 0.5) is 11.6 Å². The van der Waals surface area contributed by atoms with E-state index in [9.17, 15) is 14.7 Å². The summed E-state index contributed by atoms with van der Waals surface area (Å²) in [6, 6.07) is 15.0. The fraction of sp³-hybridized carbons (Fsp3) is 0.379. The van der Waals surface area contributed by atoms with Gasteiger partial charge in [0.1, 0.15) is 11.9 Å². The number of anilines is 2. The Morgan fingerprint density at radius 2 is 1.84 bits per heavy atom. The highest BCUT2D eigenvalue weighted by molar-refractivity contribution is 5.89. The lowest BCUT2D eigenvalue weighted by atomic mass is 9.84. The number of ether oxygens (including phenoxy) is 2. The Labute approximate surface area is 222 Å². The average Bonchev–Trinajstić information content (AvgIpc) is 2.92. The summed E-state index contributed by atoms with van der Waals surface area (Å²) in [5.41, 5.74) is 0.715. The molecule has 38 heavy (non-hydrogen) atoms. The maximum atomic E-state index is 12.6. The molecule has 2 heterocycles. The van der Waals surface area contributed by atoms with Crippen LogP contribution < -0.4 is 19.7 Å². The Bertz CT molecular complexity index is 1260. The number of amides is 1. The van der Waals surface area contributed by atoms with Crippen LogP contribution in [-0.2, 0) is 21.4 Å². The lowest BCUT2D eigenvalue weighted by Crippen LogP contribution is -2.41. The average molecular weight is 519 g/mol. The minimum atomic E-state index is -0.964. The number of aliphatic carboxylic acids is 1. The SMILES string of the molecule is COc1ccccc1OC1CCCN(c2cncc(NC(=O)CCc3ccc(C(C)(C)C(=O)O)cc3)n2)C1. The summed E-state index contributed by atoms with van der Waals surface area (Å²) in [5.74, 6) is 1.47. The number of nitrogens with one attached hydrogen (secondary N) is 1. The molecule has 1 fully saturated rings. The summed E-state index contributed by atoms with van der Waals surface area (Å²) in [7, 11) is 1.63. The molecule has 0 saturated carbocycles. The molecule has 9 heteroatoms. The molecule has 4 rings (SSSR count). The Morgan fingerprint density at radius 1 is 1.11 bits per heavy atom. The molecule has 1 amide bonds. The van der Waals surface area contributed by atoms with Gasteiger partial charge in [0.15, 0.2) is 17.3 Å². The zero-order valence-corrected chi connectivity index (χ0v) is 22.0. The van der Waals surface area contributed by atoms with Gasteiger partial charge in [-0.05, 0) is 56.4 Å². The molecule has 0 aliphatic carbocycles. The molecule has 1 atom stereocenters. The third-order valence-corrected chi connectivity index (χ3v) is 6.81. The van der Waals surface area contributed by atoms with Gasteiger partial charge in [-0.25, -0.2) is 4.98 Å². The molecule has 3 aromatic rings. The molecule has 1 unspecified atom stereocenters. The predicted octanol–water partition coefficient (Wildman–Crippen LogP) is 4.47. The molecular weight excluding hydrogens is 484 g/mol. The fourth-order valence-electron chi connectivity index (χ4n) is 4.38. The minimum Gasteiger partial charge on any atom is -0.493 e. The van der Waals surface area contributed by atoms with Gasteiger partial charge in [0.2, 0.25) is 5.91 Å². The van der Waals surface area contributed by atoms with Crippen molar-refractivity contribution >= 4 is 23.5 Å². The molecule has 2 aromatic carbocycles. The van der Waals surface area contributed by atoms with Gasteiger partial charge in [-0.15, -0.1) is 0 Å². The lowest BCUT2D eigenvalue weighted by molar-refractivity contribution is -0.142. The predicted molar refractivity (Wildman–Crippen MR) is 145 cm³/mol. The molecule has 2 N–H and O–H groups in total. The number of carboxylic acids is 1. The Morgan fingerprint density at radius 3 is 2.55 bits per heavy atom. The van der Waals surface area contributed by atoms with Gasteiger partial charge in [0.05, 0.1) is 31.5 Å². The van der Waals surface area contributed by atoms with E-state index in [0.717, 1.165) is 30.5 Å². The number of aryl methyl sites for hydroxylation is 1. The number of carboxylic acid groups (broad SMARTS) is 1. The zero-order valence-electron chi connectivity index (χ0n) is 22.0. The van der Waals surface area contributed by atoms with Crippen LogP contribution in [0.3, 0.4) is 0 Å². The van der Waals surface area contributed by atoms with E-state index in [4.69, 9.17) is 9.47 Å². The standard InChI is InChI=1S/C29H34N4O5/c1-29(2,28(35)36)21-13-10-20(11-14-21)12-15-27(34)32-25-17-30-18-26(31-25)33-16-6-7-22(19-33)38-24-9-5-4-8-23(24)37-3/h4-5,8-11,13-14,17-18,22H,6-7,12,15-16,19H2,1-3H3,(H,35,36)(H,31,32,34). The summed E-state index contributed by atoms with van der Waals surface area (Å²) < 4.78 is 11.6. The molecule has 0 spiro atoms. The second-order valence-corrected chi connectivity index (χ2v) is 9.92. The van der Waals surface area contributed by atoms with Crippen molar-refractivity contribution in [2.75, 3.05) is 30.4 Å². The first kappa shape index (κ1) is 26.9. The molecule has 0 radical (unpaired) electrons. The summed E-state index contributed by atoms with van der Waals surface area (Å²) >= 11 is 0. The van der Waals surface area contributed by atoms with E-state index >= 15 is 0 Å².